The Balaban J connectivity index is 1.79. The number of carbonyl (C=O) groups excluding carboxylic acids is 10. The topological polar surface area (TPSA) is 509 Å². The van der Waals surface area contributed by atoms with Crippen molar-refractivity contribution >= 4 is 77.0 Å². The summed E-state index contributed by atoms with van der Waals surface area (Å²) >= 11 is 0. The number of benzene rings is 1. The molecule has 2 heterocycles. The van der Waals surface area contributed by atoms with E-state index >= 15 is 0 Å². The second-order valence-corrected chi connectivity index (χ2v) is 20.2. The highest BCUT2D eigenvalue weighted by Crippen LogP contribution is 2.21. The van der Waals surface area contributed by atoms with E-state index in [-0.39, 0.29) is 56.7 Å². The van der Waals surface area contributed by atoms with Crippen LogP contribution in [0.3, 0.4) is 0 Å². The fraction of sp³-hybridized carbons (Fsp3) is 0.569. The normalized spacial score (nSPS) is 16.2. The highest BCUT2D eigenvalue weighted by molar-refractivity contribution is 6.00. The van der Waals surface area contributed by atoms with Crippen molar-refractivity contribution in [2.75, 3.05) is 13.1 Å². The summed E-state index contributed by atoms with van der Waals surface area (Å²) in [7, 11) is 0. The molecule has 1 fully saturated rings. The van der Waals surface area contributed by atoms with E-state index in [4.69, 9.17) is 17.2 Å². The van der Waals surface area contributed by atoms with Crippen LogP contribution in [-0.4, -0.2) is 186 Å². The summed E-state index contributed by atoms with van der Waals surface area (Å²) in [6.45, 7) is 6.22. The van der Waals surface area contributed by atoms with Crippen LogP contribution in [0.25, 0.3) is 0 Å². The van der Waals surface area contributed by atoms with Gasteiger partial charge in [-0.2, -0.15) is 0 Å². The molecule has 1 aliphatic rings. The van der Waals surface area contributed by atoms with Crippen molar-refractivity contribution in [3.63, 3.8) is 0 Å². The molecule has 1 aromatic heterocycles. The number of nitrogens with one attached hydrogen (secondary N) is 9. The van der Waals surface area contributed by atoms with Crippen LogP contribution >= 0.6 is 0 Å². The van der Waals surface area contributed by atoms with Gasteiger partial charge in [-0.05, 0) is 82.5 Å². The molecule has 0 radical (unpaired) electrons. The molecule has 1 saturated heterocycles. The molecule has 10 atom stereocenters. The van der Waals surface area contributed by atoms with Crippen molar-refractivity contribution in [1.82, 2.24) is 57.4 Å². The number of H-pyrrole nitrogens is 1. The minimum absolute atomic E-state index is 0.0355. The predicted octanol–water partition coefficient (Wildman–Crippen LogP) is -4.39. The third-order valence-corrected chi connectivity index (χ3v) is 12.9. The number of carboxylic acid groups (broad SMARTS) is 3. The predicted molar refractivity (Wildman–Crippen MR) is 287 cm³/mol. The fourth-order valence-electron chi connectivity index (χ4n) is 8.50. The summed E-state index contributed by atoms with van der Waals surface area (Å²) in [5, 5.41) is 57.8. The van der Waals surface area contributed by atoms with E-state index in [1.807, 2.05) is 0 Å². The third kappa shape index (κ3) is 22.8. The minimum atomic E-state index is -1.85. The number of amides is 10. The Labute approximate surface area is 471 Å². The molecule has 3 rings (SSSR count). The number of nitrogens with two attached hydrogens (primary N) is 3. The minimum Gasteiger partial charge on any atom is -0.508 e. The van der Waals surface area contributed by atoms with Crippen molar-refractivity contribution < 1.29 is 82.8 Å². The lowest BCUT2D eigenvalue weighted by molar-refractivity contribution is -0.145. The Kier molecular flexibility index (Phi) is 27.3. The first-order valence-electron chi connectivity index (χ1n) is 26.5. The van der Waals surface area contributed by atoms with Crippen LogP contribution in [0.2, 0.25) is 0 Å². The van der Waals surface area contributed by atoms with Crippen LogP contribution < -0.4 is 59.7 Å². The number of hydrogen-bond donors (Lipinski definition) is 16. The number of phenolic OH excluding ortho intramolecular Hbond substituents is 1. The molecule has 10 amide bonds. The van der Waals surface area contributed by atoms with Crippen LogP contribution in [0.15, 0.2) is 36.8 Å². The number of aromatic hydroxyl groups is 1. The number of unbranched alkanes of at least 4 members (excludes halogenated alkanes) is 1. The summed E-state index contributed by atoms with van der Waals surface area (Å²) in [6.07, 6.45) is 0.668. The number of phenols is 1. The molecule has 0 saturated carbocycles. The standard InChI is InChI=1S/C51H76N14O17/c1-25(2)18-33(61-47(77)35(21-39(54)67)60-43(73)26(3)57-44(74)31(53)8-5-6-16-52)46(76)62-34(20-29-23-55-24-56-29)45(75)58-27(4)42(72)59-32(14-15-40(68)69)50(80)65-17-7-9-38(65)49(79)63-36(22-41(70)71)48(78)64-37(51(81)82)19-28-10-12-30(66)13-11-28/h10-13,23-27,31-38,66H,5-9,14-22,52-53H2,1-4H3,(H2,54,67)(H,55,56)(H,57,74)(H,58,75)(H,59,72)(H,60,73)(H,61,77)(H,62,76)(H,63,79)(H,64,78)(H,68,69)(H,70,71)(H,81,82)/t26-,27-,31-,32-,33-,34-,35-,36-,37-,38-/m0/s1. The van der Waals surface area contributed by atoms with Gasteiger partial charge in [0, 0.05) is 37.7 Å². The van der Waals surface area contributed by atoms with Gasteiger partial charge in [0.25, 0.3) is 0 Å². The third-order valence-electron chi connectivity index (χ3n) is 12.9. The Morgan fingerprint density at radius 2 is 1.20 bits per heavy atom. The van der Waals surface area contributed by atoms with Gasteiger partial charge in [-0.3, -0.25) is 57.5 Å². The molecule has 0 bridgehead atoms. The average Bonchev–Trinajstić information content (AvgIpc) is 4.25. The first kappa shape index (κ1) is 67.5. The summed E-state index contributed by atoms with van der Waals surface area (Å²) in [6, 6.07) is -9.43. The molecule has 19 N–H and O–H groups in total. The van der Waals surface area contributed by atoms with Crippen molar-refractivity contribution in [3.05, 3.63) is 48.0 Å². The zero-order chi connectivity index (χ0) is 61.4. The van der Waals surface area contributed by atoms with Crippen molar-refractivity contribution in [3.8, 4) is 5.75 Å². The van der Waals surface area contributed by atoms with Crippen LogP contribution in [0.1, 0.15) is 103 Å². The van der Waals surface area contributed by atoms with Gasteiger partial charge in [-0.1, -0.05) is 32.4 Å². The van der Waals surface area contributed by atoms with Crippen LogP contribution in [0.4, 0.5) is 0 Å². The Bertz CT molecular complexity index is 2580. The maximum absolute atomic E-state index is 14.2. The van der Waals surface area contributed by atoms with Crippen molar-refractivity contribution in [2.45, 2.75) is 165 Å². The van der Waals surface area contributed by atoms with E-state index < -0.39 is 163 Å². The Morgan fingerprint density at radius 3 is 1.74 bits per heavy atom. The van der Waals surface area contributed by atoms with E-state index in [1.54, 1.807) is 13.8 Å². The number of carboxylic acids is 3. The number of primary amides is 1. The number of imidazole rings is 1. The number of nitrogens with zero attached hydrogens (tertiary/aromatic N) is 2. The monoisotopic (exact) mass is 1160 g/mol. The molecule has 31 nitrogen and oxygen atoms in total. The van der Waals surface area contributed by atoms with E-state index in [0.717, 1.165) is 4.90 Å². The number of carbonyl (C=O) groups is 13. The number of hydrogen-bond acceptors (Lipinski definition) is 17. The van der Waals surface area contributed by atoms with Crippen LogP contribution in [0.5, 0.6) is 5.75 Å². The summed E-state index contributed by atoms with van der Waals surface area (Å²) in [5.74, 6) is -14.5. The second kappa shape index (κ2) is 33.1. The Hall–Kier alpha value is -8.74. The zero-order valence-corrected chi connectivity index (χ0v) is 45.9. The van der Waals surface area contributed by atoms with Crippen LogP contribution in [-0.2, 0) is 75.2 Å². The van der Waals surface area contributed by atoms with Gasteiger partial charge in [0.1, 0.15) is 60.1 Å². The van der Waals surface area contributed by atoms with Gasteiger partial charge in [0.15, 0.2) is 0 Å². The molecule has 0 spiro atoms. The number of aromatic nitrogens is 2. The lowest BCUT2D eigenvalue weighted by Crippen LogP contribution is -2.60. The van der Waals surface area contributed by atoms with Gasteiger partial charge >= 0.3 is 17.9 Å². The Morgan fingerprint density at radius 1 is 0.646 bits per heavy atom. The van der Waals surface area contributed by atoms with E-state index in [1.165, 1.54) is 50.6 Å². The van der Waals surface area contributed by atoms with E-state index in [2.05, 4.69) is 52.5 Å². The fourth-order valence-corrected chi connectivity index (χ4v) is 8.50. The van der Waals surface area contributed by atoms with Gasteiger partial charge < -0.3 is 90.0 Å². The molecule has 0 unspecified atom stereocenters. The van der Waals surface area contributed by atoms with Gasteiger partial charge in [0.05, 0.1) is 25.2 Å². The molecule has 452 valence electrons. The molecule has 1 aromatic carbocycles. The van der Waals surface area contributed by atoms with Crippen LogP contribution in [0, 0.1) is 5.92 Å². The van der Waals surface area contributed by atoms with E-state index in [0.29, 0.717) is 30.6 Å². The quantitative estimate of drug-likeness (QED) is 0.0290. The SMILES string of the molecule is CC(C)C[C@H](NC(=O)[C@H](CC(N)=O)NC(=O)[C@H](C)NC(=O)[C@@H](N)CCCCN)C(=O)N[C@@H](Cc1cnc[nH]1)C(=O)N[C@@H](C)C(=O)N[C@@H](CCC(=O)O)C(=O)N1CCC[C@H]1C(=O)N[C@@H](CC(=O)O)C(=O)N[C@@H](Cc1ccc(O)cc1)C(=O)O. The molecule has 82 heavy (non-hydrogen) atoms. The van der Waals surface area contributed by atoms with E-state index in [9.17, 15) is 82.8 Å². The number of aliphatic carboxylic acids is 3. The number of rotatable bonds is 35. The number of likely N-dealkylation sites (tertiary alicyclic amines) is 1. The maximum atomic E-state index is 14.2. The second-order valence-electron chi connectivity index (χ2n) is 20.2. The average molecular weight is 1160 g/mol. The molecule has 0 aliphatic carbocycles. The lowest BCUT2D eigenvalue weighted by atomic mass is 10.0. The highest BCUT2D eigenvalue weighted by atomic mass is 16.4. The molecule has 2 aromatic rings. The number of aromatic amines is 1. The maximum Gasteiger partial charge on any atom is 0.326 e. The van der Waals surface area contributed by atoms with Gasteiger partial charge in [0.2, 0.25) is 59.1 Å². The van der Waals surface area contributed by atoms with Gasteiger partial charge in [-0.15, -0.1) is 0 Å². The van der Waals surface area contributed by atoms with Crippen molar-refractivity contribution in [1.29, 1.82) is 0 Å². The first-order chi connectivity index (χ1) is 38.6. The smallest absolute Gasteiger partial charge is 0.326 e. The summed E-state index contributed by atoms with van der Waals surface area (Å²) in [5.41, 5.74) is 17.5. The zero-order valence-electron chi connectivity index (χ0n) is 45.9. The van der Waals surface area contributed by atoms with Gasteiger partial charge in [-0.25, -0.2) is 9.78 Å². The first-order valence-corrected chi connectivity index (χ1v) is 26.5. The largest absolute Gasteiger partial charge is 0.508 e. The molecular weight excluding hydrogens is 1080 g/mol. The highest BCUT2D eigenvalue weighted by Gasteiger charge is 2.41. The molecule has 31 heteroatoms. The molecule has 1 aliphatic heterocycles. The summed E-state index contributed by atoms with van der Waals surface area (Å²) in [4.78, 5) is 179. The lowest BCUT2D eigenvalue weighted by Gasteiger charge is -2.30. The molecular formula is C51H76N14O17. The summed E-state index contributed by atoms with van der Waals surface area (Å²) < 4.78 is 0. The van der Waals surface area contributed by atoms with Crippen molar-refractivity contribution in [2.24, 2.45) is 23.1 Å².